The van der Waals surface area contributed by atoms with Gasteiger partial charge in [-0.15, -0.1) is 0 Å². The number of ether oxygens (including phenoxy) is 2. The van der Waals surface area contributed by atoms with E-state index < -0.39 is 0 Å². The average molecular weight is 240 g/mol. The second-order valence-corrected chi connectivity index (χ2v) is 3.99. The van der Waals surface area contributed by atoms with Gasteiger partial charge >= 0.3 is 0 Å². The Kier molecular flexibility index (Phi) is 4.02. The van der Waals surface area contributed by atoms with Crippen molar-refractivity contribution >= 4 is 0 Å². The first-order valence-corrected chi connectivity index (χ1v) is 5.86. The molecule has 0 N–H and O–H groups in total. The molecule has 2 nitrogen and oxygen atoms in total. The van der Waals surface area contributed by atoms with Gasteiger partial charge in [-0.05, 0) is 43.3 Å². The van der Waals surface area contributed by atoms with Crippen LogP contribution < -0.4 is 9.47 Å². The summed E-state index contributed by atoms with van der Waals surface area (Å²) in [5, 5.41) is 0. The fraction of sp³-hybridized carbons (Fsp3) is 0.125. The van der Waals surface area contributed by atoms with Crippen LogP contribution in [0.25, 0.3) is 0 Å². The van der Waals surface area contributed by atoms with Gasteiger partial charge in [0.25, 0.3) is 0 Å². The Morgan fingerprint density at radius 3 is 1.94 bits per heavy atom. The summed E-state index contributed by atoms with van der Waals surface area (Å²) in [5.41, 5.74) is 1.22. The third kappa shape index (κ3) is 3.39. The normalized spacial score (nSPS) is 9.83. The van der Waals surface area contributed by atoms with E-state index in [1.54, 1.807) is 6.08 Å². The van der Waals surface area contributed by atoms with Gasteiger partial charge in [-0.1, -0.05) is 30.4 Å². The Morgan fingerprint density at radius 1 is 0.889 bits per heavy atom. The minimum Gasteiger partial charge on any atom is -0.490 e. The van der Waals surface area contributed by atoms with Gasteiger partial charge in [0.1, 0.15) is 23.9 Å². The van der Waals surface area contributed by atoms with Crippen LogP contribution in [0.15, 0.2) is 61.2 Å². The molecular weight excluding hydrogens is 224 g/mol. The standard InChI is InChI=1S/C16H16O2/c1-3-12-17-14-8-10-16(11-9-14)18-15-6-4-13(2)5-7-15/h3-11H,1,12H2,2H3. The van der Waals surface area contributed by atoms with E-state index in [-0.39, 0.29) is 0 Å². The minimum absolute atomic E-state index is 0.512. The molecule has 0 heterocycles. The fourth-order valence-corrected chi connectivity index (χ4v) is 1.50. The second kappa shape index (κ2) is 5.92. The number of hydrogen-bond acceptors (Lipinski definition) is 2. The highest BCUT2D eigenvalue weighted by Crippen LogP contribution is 2.23. The van der Waals surface area contributed by atoms with Gasteiger partial charge < -0.3 is 9.47 Å². The van der Waals surface area contributed by atoms with Gasteiger partial charge in [0, 0.05) is 0 Å². The Bertz CT molecular complexity index is 498. The molecule has 2 rings (SSSR count). The topological polar surface area (TPSA) is 18.5 Å². The summed E-state index contributed by atoms with van der Waals surface area (Å²) in [5.74, 6) is 2.44. The third-order valence-electron chi connectivity index (χ3n) is 2.45. The first-order valence-electron chi connectivity index (χ1n) is 5.86. The SMILES string of the molecule is C=CCOc1ccc(Oc2ccc(C)cc2)cc1. The number of benzene rings is 2. The van der Waals surface area contributed by atoms with Crippen molar-refractivity contribution < 1.29 is 9.47 Å². The monoisotopic (exact) mass is 240 g/mol. The lowest BCUT2D eigenvalue weighted by Crippen LogP contribution is -1.92. The highest BCUT2D eigenvalue weighted by atomic mass is 16.5. The maximum absolute atomic E-state index is 5.72. The van der Waals surface area contributed by atoms with Crippen molar-refractivity contribution in [1.82, 2.24) is 0 Å². The predicted octanol–water partition coefficient (Wildman–Crippen LogP) is 4.35. The molecule has 2 aromatic carbocycles. The van der Waals surface area contributed by atoms with Crippen molar-refractivity contribution in [1.29, 1.82) is 0 Å². The van der Waals surface area contributed by atoms with E-state index in [0.29, 0.717) is 6.61 Å². The van der Waals surface area contributed by atoms with Crippen molar-refractivity contribution in [2.75, 3.05) is 6.61 Å². The lowest BCUT2D eigenvalue weighted by molar-refractivity contribution is 0.362. The van der Waals surface area contributed by atoms with Crippen LogP contribution in [-0.4, -0.2) is 6.61 Å². The molecule has 0 saturated heterocycles. The molecule has 18 heavy (non-hydrogen) atoms. The molecular formula is C16H16O2. The lowest BCUT2D eigenvalue weighted by Gasteiger charge is -2.07. The molecule has 0 radical (unpaired) electrons. The van der Waals surface area contributed by atoms with E-state index in [2.05, 4.69) is 13.5 Å². The molecule has 2 heteroatoms. The molecule has 0 spiro atoms. The van der Waals surface area contributed by atoms with Crippen LogP contribution in [0.3, 0.4) is 0 Å². The van der Waals surface area contributed by atoms with Crippen molar-refractivity contribution in [3.8, 4) is 17.2 Å². The lowest BCUT2D eigenvalue weighted by atomic mass is 10.2. The molecule has 0 saturated carbocycles. The van der Waals surface area contributed by atoms with Crippen LogP contribution in [0.1, 0.15) is 5.56 Å². The second-order valence-electron chi connectivity index (χ2n) is 3.99. The summed E-state index contributed by atoms with van der Waals surface area (Å²) in [6.45, 7) is 6.17. The van der Waals surface area contributed by atoms with Gasteiger partial charge in [-0.3, -0.25) is 0 Å². The summed E-state index contributed by atoms with van der Waals surface area (Å²) >= 11 is 0. The summed E-state index contributed by atoms with van der Waals surface area (Å²) in [4.78, 5) is 0. The zero-order chi connectivity index (χ0) is 12.8. The number of rotatable bonds is 5. The molecule has 0 aliphatic carbocycles. The summed E-state index contributed by atoms with van der Waals surface area (Å²) < 4.78 is 11.1. The van der Waals surface area contributed by atoms with Crippen LogP contribution in [0.5, 0.6) is 17.2 Å². The van der Waals surface area contributed by atoms with Crippen LogP contribution >= 0.6 is 0 Å². The van der Waals surface area contributed by atoms with E-state index in [1.807, 2.05) is 48.5 Å². The molecule has 0 aromatic heterocycles. The van der Waals surface area contributed by atoms with E-state index in [4.69, 9.17) is 9.47 Å². The quantitative estimate of drug-likeness (QED) is 0.723. The molecule has 2 aromatic rings. The first-order chi connectivity index (χ1) is 8.78. The molecule has 0 bridgehead atoms. The van der Waals surface area contributed by atoms with E-state index in [1.165, 1.54) is 5.56 Å². The molecule has 0 aliphatic rings. The number of hydrogen-bond donors (Lipinski definition) is 0. The molecule has 92 valence electrons. The van der Waals surface area contributed by atoms with Crippen molar-refractivity contribution in [3.63, 3.8) is 0 Å². The smallest absolute Gasteiger partial charge is 0.127 e. The van der Waals surface area contributed by atoms with Crippen LogP contribution in [0.4, 0.5) is 0 Å². The first kappa shape index (κ1) is 12.2. The van der Waals surface area contributed by atoms with Gasteiger partial charge in [-0.25, -0.2) is 0 Å². The van der Waals surface area contributed by atoms with E-state index in [9.17, 15) is 0 Å². The maximum atomic E-state index is 5.72. The van der Waals surface area contributed by atoms with Crippen molar-refractivity contribution in [2.24, 2.45) is 0 Å². The summed E-state index contributed by atoms with van der Waals surface area (Å²) in [6, 6.07) is 15.5. The molecule has 0 unspecified atom stereocenters. The van der Waals surface area contributed by atoms with Gasteiger partial charge in [0.15, 0.2) is 0 Å². The zero-order valence-corrected chi connectivity index (χ0v) is 10.4. The highest BCUT2D eigenvalue weighted by molar-refractivity contribution is 5.36. The molecule has 0 fully saturated rings. The summed E-state index contributed by atoms with van der Waals surface area (Å²) in [7, 11) is 0. The Balaban J connectivity index is 2.01. The zero-order valence-electron chi connectivity index (χ0n) is 10.4. The largest absolute Gasteiger partial charge is 0.490 e. The molecule has 0 aliphatic heterocycles. The van der Waals surface area contributed by atoms with Crippen LogP contribution in [-0.2, 0) is 0 Å². The Labute approximate surface area is 107 Å². The Morgan fingerprint density at radius 2 is 1.39 bits per heavy atom. The molecule has 0 amide bonds. The average Bonchev–Trinajstić information content (AvgIpc) is 2.41. The van der Waals surface area contributed by atoms with Gasteiger partial charge in [-0.2, -0.15) is 0 Å². The van der Waals surface area contributed by atoms with Crippen LogP contribution in [0, 0.1) is 6.92 Å². The molecule has 0 atom stereocenters. The Hall–Kier alpha value is -2.22. The third-order valence-corrected chi connectivity index (χ3v) is 2.45. The van der Waals surface area contributed by atoms with Crippen molar-refractivity contribution in [3.05, 3.63) is 66.7 Å². The summed E-state index contributed by atoms with van der Waals surface area (Å²) in [6.07, 6.45) is 1.72. The van der Waals surface area contributed by atoms with Crippen molar-refractivity contribution in [2.45, 2.75) is 6.92 Å². The fourth-order valence-electron chi connectivity index (χ4n) is 1.50. The van der Waals surface area contributed by atoms with Gasteiger partial charge in [0.05, 0.1) is 0 Å². The highest BCUT2D eigenvalue weighted by Gasteiger charge is 1.98. The minimum atomic E-state index is 0.512. The maximum Gasteiger partial charge on any atom is 0.127 e. The van der Waals surface area contributed by atoms with E-state index >= 15 is 0 Å². The van der Waals surface area contributed by atoms with Gasteiger partial charge in [0.2, 0.25) is 0 Å². The van der Waals surface area contributed by atoms with E-state index in [0.717, 1.165) is 17.2 Å². The van der Waals surface area contributed by atoms with Crippen LogP contribution in [0.2, 0.25) is 0 Å². The number of aryl methyl sites for hydroxylation is 1. The predicted molar refractivity (Wildman–Crippen MR) is 73.4 cm³/mol.